The Kier molecular flexibility index (Phi) is 9.89. The Hall–Kier alpha value is -3.69. The van der Waals surface area contributed by atoms with E-state index in [1.165, 1.54) is 0 Å². The molecule has 3 atom stereocenters. The molecule has 0 saturated heterocycles. The van der Waals surface area contributed by atoms with Gasteiger partial charge >= 0.3 is 5.97 Å². The van der Waals surface area contributed by atoms with Gasteiger partial charge in [-0.25, -0.2) is 4.79 Å². The van der Waals surface area contributed by atoms with Gasteiger partial charge in [0, 0.05) is 6.04 Å². The molecule has 2 N–H and O–H groups in total. The van der Waals surface area contributed by atoms with E-state index in [4.69, 9.17) is 10.1 Å². The van der Waals surface area contributed by atoms with Crippen molar-refractivity contribution < 1.29 is 14.4 Å². The van der Waals surface area contributed by atoms with Gasteiger partial charge < -0.3 is 10.2 Å². The van der Waals surface area contributed by atoms with Crippen molar-refractivity contribution in [3.05, 3.63) is 96.6 Å². The van der Waals surface area contributed by atoms with Crippen LogP contribution in [-0.2, 0) is 16.1 Å². The van der Waals surface area contributed by atoms with Crippen LogP contribution in [0.15, 0.2) is 79.9 Å². The van der Waals surface area contributed by atoms with E-state index in [1.54, 1.807) is 43.3 Å². The van der Waals surface area contributed by atoms with Crippen LogP contribution in [-0.4, -0.2) is 17.9 Å². The van der Waals surface area contributed by atoms with E-state index in [2.05, 4.69) is 30.0 Å². The SMILES string of the molecule is C=CC[C@H](NOC(=O)c1ccccc1)c1cccc(C[C@H](CC#N)NC(=O)[C@H](C)C=C)c1. The summed E-state index contributed by atoms with van der Waals surface area (Å²) in [7, 11) is 0. The number of nitrogens with one attached hydrogen (secondary N) is 2. The summed E-state index contributed by atoms with van der Waals surface area (Å²) >= 11 is 0. The van der Waals surface area contributed by atoms with Crippen LogP contribution in [0.5, 0.6) is 0 Å². The number of rotatable bonds is 12. The monoisotopic (exact) mass is 431 g/mol. The molecule has 0 aliphatic heterocycles. The molecule has 32 heavy (non-hydrogen) atoms. The van der Waals surface area contributed by atoms with E-state index in [0.29, 0.717) is 18.4 Å². The van der Waals surface area contributed by atoms with Crippen molar-refractivity contribution in [3.63, 3.8) is 0 Å². The molecule has 6 heteroatoms. The largest absolute Gasteiger partial charge is 0.366 e. The number of hydroxylamine groups is 1. The molecule has 2 aromatic carbocycles. The number of hydrogen-bond acceptors (Lipinski definition) is 5. The average molecular weight is 432 g/mol. The minimum Gasteiger partial charge on any atom is -0.366 e. The average Bonchev–Trinajstić information content (AvgIpc) is 2.81. The summed E-state index contributed by atoms with van der Waals surface area (Å²) in [4.78, 5) is 29.8. The second-order valence-electron chi connectivity index (χ2n) is 7.49. The third-order valence-electron chi connectivity index (χ3n) is 4.99. The molecule has 0 aromatic heterocycles. The maximum absolute atomic E-state index is 12.3. The summed E-state index contributed by atoms with van der Waals surface area (Å²) in [6, 6.07) is 18.0. The lowest BCUT2D eigenvalue weighted by molar-refractivity contribution is -0.123. The highest BCUT2D eigenvalue weighted by Gasteiger charge is 2.18. The van der Waals surface area contributed by atoms with E-state index >= 15 is 0 Å². The summed E-state index contributed by atoms with van der Waals surface area (Å²) in [5, 5.41) is 12.1. The third kappa shape index (κ3) is 7.53. The summed E-state index contributed by atoms with van der Waals surface area (Å²) in [5.41, 5.74) is 5.16. The Labute approximate surface area is 189 Å². The smallest absolute Gasteiger partial charge is 0.356 e. The standard InChI is InChI=1S/C26H29N3O3/c1-4-10-24(29-32-26(31)21-12-7-6-8-13-21)22-14-9-11-20(17-22)18-23(15-16-27)28-25(30)19(3)5-2/h4-9,11-14,17,19,23-24,29H,1-2,10,15,18H2,3H3,(H,28,30)/t19-,23+,24+/m1/s1. The van der Waals surface area contributed by atoms with Crippen LogP contribution in [0.2, 0.25) is 0 Å². The maximum atomic E-state index is 12.3. The highest BCUT2D eigenvalue weighted by Crippen LogP contribution is 2.20. The lowest BCUT2D eigenvalue weighted by atomic mass is 9.97. The molecular formula is C26H29N3O3. The Balaban J connectivity index is 2.10. The van der Waals surface area contributed by atoms with E-state index in [0.717, 1.165) is 11.1 Å². The number of benzene rings is 2. The van der Waals surface area contributed by atoms with Gasteiger partial charge in [0.15, 0.2) is 0 Å². The van der Waals surface area contributed by atoms with E-state index < -0.39 is 5.97 Å². The highest BCUT2D eigenvalue weighted by atomic mass is 16.7. The molecule has 0 saturated carbocycles. The van der Waals surface area contributed by atoms with Crippen LogP contribution >= 0.6 is 0 Å². The van der Waals surface area contributed by atoms with E-state index in [1.807, 2.05) is 30.3 Å². The number of carbonyl (C=O) groups is 2. The molecule has 0 fully saturated rings. The molecule has 166 valence electrons. The minimum absolute atomic E-state index is 0.157. The van der Waals surface area contributed by atoms with Gasteiger partial charge in [-0.2, -0.15) is 5.26 Å². The second kappa shape index (κ2) is 12.9. The normalized spacial score (nSPS) is 13.1. The van der Waals surface area contributed by atoms with Crippen LogP contribution in [0, 0.1) is 17.2 Å². The molecule has 6 nitrogen and oxygen atoms in total. The van der Waals surface area contributed by atoms with Gasteiger partial charge in [-0.3, -0.25) is 4.79 Å². The number of carbonyl (C=O) groups excluding carboxylic acids is 2. The predicted octanol–water partition coefficient (Wildman–Crippen LogP) is 4.43. The Morgan fingerprint density at radius 2 is 1.91 bits per heavy atom. The molecule has 0 aliphatic carbocycles. The molecule has 0 spiro atoms. The minimum atomic E-state index is -0.469. The highest BCUT2D eigenvalue weighted by molar-refractivity contribution is 5.89. The zero-order valence-corrected chi connectivity index (χ0v) is 18.3. The first-order chi connectivity index (χ1) is 15.5. The molecule has 0 heterocycles. The first-order valence-electron chi connectivity index (χ1n) is 10.5. The van der Waals surface area contributed by atoms with Crippen molar-refractivity contribution in [2.45, 2.75) is 38.3 Å². The quantitative estimate of drug-likeness (QED) is 0.383. The van der Waals surface area contributed by atoms with Gasteiger partial charge in [0.1, 0.15) is 0 Å². The zero-order valence-electron chi connectivity index (χ0n) is 18.3. The lowest BCUT2D eigenvalue weighted by Gasteiger charge is -2.20. The van der Waals surface area contributed by atoms with Crippen molar-refractivity contribution >= 4 is 11.9 Å². The van der Waals surface area contributed by atoms with Gasteiger partial charge in [0.2, 0.25) is 5.91 Å². The third-order valence-corrected chi connectivity index (χ3v) is 4.99. The van der Waals surface area contributed by atoms with Gasteiger partial charge in [0.05, 0.1) is 30.0 Å². The Bertz CT molecular complexity index is 966. The summed E-state index contributed by atoms with van der Waals surface area (Å²) < 4.78 is 0. The molecular weight excluding hydrogens is 402 g/mol. The molecule has 0 bridgehead atoms. The van der Waals surface area contributed by atoms with Crippen molar-refractivity contribution in [1.82, 2.24) is 10.8 Å². The molecule has 2 rings (SSSR count). The number of hydrogen-bond donors (Lipinski definition) is 2. The van der Waals surface area contributed by atoms with Crippen LogP contribution in [0.25, 0.3) is 0 Å². The zero-order chi connectivity index (χ0) is 23.3. The van der Waals surface area contributed by atoms with Crippen molar-refractivity contribution in [3.8, 4) is 6.07 Å². The van der Waals surface area contributed by atoms with E-state index in [9.17, 15) is 9.59 Å². The number of nitriles is 1. The summed E-state index contributed by atoms with van der Waals surface area (Å²) in [6.45, 7) is 9.19. The van der Waals surface area contributed by atoms with Crippen LogP contribution in [0.3, 0.4) is 0 Å². The van der Waals surface area contributed by atoms with Gasteiger partial charge in [-0.05, 0) is 36.1 Å². The lowest BCUT2D eigenvalue weighted by Crippen LogP contribution is -2.38. The first kappa shape index (κ1) is 24.6. The summed E-state index contributed by atoms with van der Waals surface area (Å²) in [5.74, 6) is -0.956. The molecule has 0 unspecified atom stereocenters. The van der Waals surface area contributed by atoms with Crippen molar-refractivity contribution in [2.75, 3.05) is 0 Å². The predicted molar refractivity (Wildman–Crippen MR) is 124 cm³/mol. The van der Waals surface area contributed by atoms with Crippen molar-refractivity contribution in [1.29, 1.82) is 5.26 Å². The molecule has 1 amide bonds. The topological polar surface area (TPSA) is 91.2 Å². The fourth-order valence-electron chi connectivity index (χ4n) is 3.12. The Morgan fingerprint density at radius 1 is 1.16 bits per heavy atom. The molecule has 0 aliphatic rings. The van der Waals surface area contributed by atoms with Crippen molar-refractivity contribution in [2.24, 2.45) is 5.92 Å². The fraction of sp³-hybridized carbons (Fsp3) is 0.269. The molecule has 2 aromatic rings. The maximum Gasteiger partial charge on any atom is 0.356 e. The fourth-order valence-corrected chi connectivity index (χ4v) is 3.12. The number of nitrogens with zero attached hydrogens (tertiary/aromatic N) is 1. The second-order valence-corrected chi connectivity index (χ2v) is 7.49. The van der Waals surface area contributed by atoms with Crippen LogP contribution in [0.4, 0.5) is 0 Å². The van der Waals surface area contributed by atoms with Crippen LogP contribution < -0.4 is 10.8 Å². The first-order valence-corrected chi connectivity index (χ1v) is 10.5. The summed E-state index contributed by atoms with van der Waals surface area (Å²) in [6.07, 6.45) is 4.56. The van der Waals surface area contributed by atoms with Gasteiger partial charge in [-0.1, -0.05) is 61.5 Å². The van der Waals surface area contributed by atoms with Gasteiger partial charge in [-0.15, -0.1) is 18.6 Å². The van der Waals surface area contributed by atoms with Crippen LogP contribution in [0.1, 0.15) is 47.3 Å². The Morgan fingerprint density at radius 3 is 2.56 bits per heavy atom. The number of amides is 1. The molecule has 0 radical (unpaired) electrons. The van der Waals surface area contributed by atoms with Gasteiger partial charge in [0.25, 0.3) is 0 Å². The van der Waals surface area contributed by atoms with E-state index in [-0.39, 0.29) is 30.3 Å².